The van der Waals surface area contributed by atoms with Crippen molar-refractivity contribution in [3.05, 3.63) is 24.0 Å². The summed E-state index contributed by atoms with van der Waals surface area (Å²) in [6.07, 6.45) is 1.61. The highest BCUT2D eigenvalue weighted by atomic mass is 32.1. The lowest BCUT2D eigenvalue weighted by molar-refractivity contribution is 0.0995. The number of carbonyl (C=O) groups is 1. The van der Waals surface area contributed by atoms with Gasteiger partial charge in [0.2, 0.25) is 0 Å². The van der Waals surface area contributed by atoms with E-state index in [2.05, 4.69) is 14.8 Å². The molecule has 6 nitrogen and oxygen atoms in total. The minimum atomic E-state index is -0.507. The van der Waals surface area contributed by atoms with Crippen LogP contribution < -0.4 is 16.4 Å². The van der Waals surface area contributed by atoms with Gasteiger partial charge in [-0.3, -0.25) is 14.7 Å². The van der Waals surface area contributed by atoms with E-state index in [0.29, 0.717) is 10.7 Å². The number of aromatic nitrogens is 1. The van der Waals surface area contributed by atoms with Crippen molar-refractivity contribution < 1.29 is 4.79 Å². The van der Waals surface area contributed by atoms with Crippen molar-refractivity contribution in [2.45, 2.75) is 13.0 Å². The highest BCUT2D eigenvalue weighted by Crippen LogP contribution is 2.17. The highest BCUT2D eigenvalue weighted by Gasteiger charge is 2.22. The van der Waals surface area contributed by atoms with E-state index in [4.69, 9.17) is 23.7 Å². The molecule has 0 saturated carbocycles. The fourth-order valence-corrected chi connectivity index (χ4v) is 2.45. The third kappa shape index (κ3) is 3.23. The van der Waals surface area contributed by atoms with E-state index >= 15 is 0 Å². The van der Waals surface area contributed by atoms with Gasteiger partial charge in [0.1, 0.15) is 5.69 Å². The van der Waals surface area contributed by atoms with Crippen LogP contribution in [0.15, 0.2) is 18.3 Å². The second-order valence-corrected chi connectivity index (χ2v) is 5.34. The minimum absolute atomic E-state index is 0.116. The van der Waals surface area contributed by atoms with E-state index in [1.54, 1.807) is 12.3 Å². The summed E-state index contributed by atoms with van der Waals surface area (Å²) in [4.78, 5) is 20.1. The van der Waals surface area contributed by atoms with Gasteiger partial charge in [-0.1, -0.05) is 12.2 Å². The molecule has 1 atom stereocenters. The molecule has 2 heterocycles. The quantitative estimate of drug-likeness (QED) is 0.758. The van der Waals surface area contributed by atoms with Crippen LogP contribution in [-0.4, -0.2) is 53.0 Å². The van der Waals surface area contributed by atoms with Gasteiger partial charge in [-0.15, -0.1) is 0 Å². The van der Waals surface area contributed by atoms with Gasteiger partial charge in [0.15, 0.2) is 0 Å². The highest BCUT2D eigenvalue weighted by molar-refractivity contribution is 7.80. The third-order valence-electron chi connectivity index (χ3n) is 3.63. The number of primary amides is 1. The summed E-state index contributed by atoms with van der Waals surface area (Å²) in [5.41, 5.74) is 12.2. The number of pyridine rings is 1. The van der Waals surface area contributed by atoms with Gasteiger partial charge in [0.05, 0.1) is 11.0 Å². The molecule has 0 radical (unpaired) electrons. The Kier molecular flexibility index (Phi) is 4.51. The van der Waals surface area contributed by atoms with Crippen LogP contribution in [0, 0.1) is 0 Å². The zero-order valence-electron chi connectivity index (χ0n) is 11.5. The van der Waals surface area contributed by atoms with Crippen LogP contribution in [-0.2, 0) is 0 Å². The molecule has 20 heavy (non-hydrogen) atoms. The van der Waals surface area contributed by atoms with Crippen molar-refractivity contribution in [2.75, 3.05) is 31.1 Å². The van der Waals surface area contributed by atoms with Gasteiger partial charge < -0.3 is 16.4 Å². The first-order valence-electron chi connectivity index (χ1n) is 6.53. The lowest BCUT2D eigenvalue weighted by atomic mass is 10.2. The molecule has 1 amide bonds. The van der Waals surface area contributed by atoms with E-state index in [1.807, 2.05) is 13.0 Å². The van der Waals surface area contributed by atoms with E-state index in [-0.39, 0.29) is 6.04 Å². The topological polar surface area (TPSA) is 88.5 Å². The number of piperazine rings is 1. The molecule has 1 aromatic rings. The zero-order valence-corrected chi connectivity index (χ0v) is 12.3. The zero-order chi connectivity index (χ0) is 14.7. The van der Waals surface area contributed by atoms with E-state index < -0.39 is 5.91 Å². The summed E-state index contributed by atoms with van der Waals surface area (Å²) in [5, 5.41) is 0. The Hall–Kier alpha value is -1.73. The molecular formula is C13H19N5OS. The maximum atomic E-state index is 11.2. The molecule has 1 unspecified atom stereocenters. The third-order valence-corrected chi connectivity index (χ3v) is 3.98. The standard InChI is InChI=1S/C13H19N5OS/c1-9(13(15)20)17-4-6-18(7-5-17)10-2-3-16-11(8-10)12(14)19/h2-3,8-9H,4-7H2,1H3,(H2,14,19)(H2,15,20). The first-order valence-corrected chi connectivity index (χ1v) is 6.94. The number of anilines is 1. The molecule has 1 aliphatic heterocycles. The Morgan fingerprint density at radius 1 is 1.35 bits per heavy atom. The molecule has 1 fully saturated rings. The molecular weight excluding hydrogens is 274 g/mol. The van der Waals surface area contributed by atoms with Crippen molar-refractivity contribution in [2.24, 2.45) is 11.5 Å². The largest absolute Gasteiger partial charge is 0.392 e. The Labute approximate surface area is 123 Å². The fraction of sp³-hybridized carbons (Fsp3) is 0.462. The van der Waals surface area contributed by atoms with Crippen molar-refractivity contribution in [1.29, 1.82) is 0 Å². The van der Waals surface area contributed by atoms with Gasteiger partial charge in [-0.2, -0.15) is 0 Å². The van der Waals surface area contributed by atoms with Crippen molar-refractivity contribution in [3.8, 4) is 0 Å². The van der Waals surface area contributed by atoms with Crippen LogP contribution >= 0.6 is 12.2 Å². The van der Waals surface area contributed by atoms with Crippen LogP contribution in [0.3, 0.4) is 0 Å². The van der Waals surface area contributed by atoms with E-state index in [9.17, 15) is 4.79 Å². The van der Waals surface area contributed by atoms with Gasteiger partial charge in [0.25, 0.3) is 5.91 Å². The van der Waals surface area contributed by atoms with Gasteiger partial charge in [-0.25, -0.2) is 0 Å². The number of carbonyl (C=O) groups excluding carboxylic acids is 1. The Morgan fingerprint density at radius 2 is 2.00 bits per heavy atom. The number of thiocarbonyl (C=S) groups is 1. The Bertz CT molecular complexity index is 513. The van der Waals surface area contributed by atoms with Crippen LogP contribution in [0.1, 0.15) is 17.4 Å². The minimum Gasteiger partial charge on any atom is -0.392 e. The van der Waals surface area contributed by atoms with Gasteiger partial charge in [-0.05, 0) is 19.1 Å². The monoisotopic (exact) mass is 293 g/mol. The molecule has 1 saturated heterocycles. The molecule has 0 aliphatic carbocycles. The number of nitrogens with zero attached hydrogens (tertiary/aromatic N) is 3. The average molecular weight is 293 g/mol. The van der Waals surface area contributed by atoms with E-state index in [1.165, 1.54) is 0 Å². The van der Waals surface area contributed by atoms with Crippen LogP contribution in [0.25, 0.3) is 0 Å². The second kappa shape index (κ2) is 6.15. The second-order valence-electron chi connectivity index (χ2n) is 4.86. The molecule has 1 aliphatic rings. The number of amides is 1. The summed E-state index contributed by atoms with van der Waals surface area (Å²) in [5.74, 6) is -0.507. The summed E-state index contributed by atoms with van der Waals surface area (Å²) < 4.78 is 0. The lowest BCUT2D eigenvalue weighted by Crippen LogP contribution is -2.52. The first kappa shape index (κ1) is 14.7. The Balaban J connectivity index is 2.02. The molecule has 0 spiro atoms. The van der Waals surface area contributed by atoms with Crippen LogP contribution in [0.2, 0.25) is 0 Å². The summed E-state index contributed by atoms with van der Waals surface area (Å²) in [6, 6.07) is 3.74. The molecule has 7 heteroatoms. The average Bonchev–Trinajstić information content (AvgIpc) is 2.46. The number of hydrogen-bond donors (Lipinski definition) is 2. The lowest BCUT2D eigenvalue weighted by Gasteiger charge is -2.38. The normalized spacial score (nSPS) is 17.8. The predicted octanol–water partition coefficient (Wildman–Crippen LogP) is -0.0229. The maximum absolute atomic E-state index is 11.2. The molecule has 1 aromatic heterocycles. The Morgan fingerprint density at radius 3 is 2.55 bits per heavy atom. The SMILES string of the molecule is CC(C(N)=S)N1CCN(c2ccnc(C(N)=O)c2)CC1. The van der Waals surface area contributed by atoms with Gasteiger partial charge >= 0.3 is 0 Å². The maximum Gasteiger partial charge on any atom is 0.267 e. The number of rotatable bonds is 4. The van der Waals surface area contributed by atoms with Gasteiger partial charge in [0, 0.05) is 38.1 Å². The van der Waals surface area contributed by atoms with E-state index in [0.717, 1.165) is 31.9 Å². The van der Waals surface area contributed by atoms with Crippen molar-refractivity contribution in [1.82, 2.24) is 9.88 Å². The smallest absolute Gasteiger partial charge is 0.267 e. The molecule has 0 bridgehead atoms. The van der Waals surface area contributed by atoms with Crippen LogP contribution in [0.4, 0.5) is 5.69 Å². The van der Waals surface area contributed by atoms with Crippen molar-refractivity contribution >= 4 is 28.8 Å². The summed E-state index contributed by atoms with van der Waals surface area (Å²) in [7, 11) is 0. The molecule has 2 rings (SSSR count). The molecule has 0 aromatic carbocycles. The summed E-state index contributed by atoms with van der Waals surface area (Å²) in [6.45, 7) is 5.50. The molecule has 4 N–H and O–H groups in total. The fourth-order valence-electron chi connectivity index (χ4n) is 2.30. The van der Waals surface area contributed by atoms with Crippen molar-refractivity contribution in [3.63, 3.8) is 0 Å². The predicted molar refractivity (Wildman–Crippen MR) is 82.8 cm³/mol. The first-order chi connectivity index (χ1) is 9.49. The number of nitrogens with two attached hydrogens (primary N) is 2. The van der Waals surface area contributed by atoms with Crippen LogP contribution in [0.5, 0.6) is 0 Å². The number of hydrogen-bond acceptors (Lipinski definition) is 5. The molecule has 108 valence electrons. The summed E-state index contributed by atoms with van der Waals surface area (Å²) >= 11 is 5.03.